The molecule has 0 saturated heterocycles. The number of aromatic nitrogens is 5. The summed E-state index contributed by atoms with van der Waals surface area (Å²) in [5.74, 6) is -0.609. The largest absolute Gasteiger partial charge is 0.491 e. The van der Waals surface area contributed by atoms with Crippen molar-refractivity contribution in [3.63, 3.8) is 0 Å². The molecule has 0 aliphatic rings. The lowest BCUT2D eigenvalue weighted by atomic mass is 10.0. The molecular weight excluding hydrogens is 627 g/mol. The molecule has 1 aromatic carbocycles. The van der Waals surface area contributed by atoms with E-state index in [-0.39, 0.29) is 30.7 Å². The van der Waals surface area contributed by atoms with Crippen LogP contribution >= 0.6 is 11.3 Å². The van der Waals surface area contributed by atoms with E-state index < -0.39 is 34.6 Å². The molecule has 0 spiro atoms. The van der Waals surface area contributed by atoms with E-state index in [4.69, 9.17) is 14.2 Å². The number of carbonyl (C=O) groups excluding carboxylic acids is 1. The van der Waals surface area contributed by atoms with Crippen molar-refractivity contribution >= 4 is 27.5 Å². The van der Waals surface area contributed by atoms with Crippen molar-refractivity contribution in [2.75, 3.05) is 19.8 Å². The van der Waals surface area contributed by atoms with Crippen LogP contribution in [0.1, 0.15) is 78.5 Å². The van der Waals surface area contributed by atoms with Crippen molar-refractivity contribution in [2.24, 2.45) is 0 Å². The van der Waals surface area contributed by atoms with Gasteiger partial charge in [-0.25, -0.2) is 13.8 Å². The van der Waals surface area contributed by atoms with Crippen molar-refractivity contribution < 1.29 is 23.4 Å². The molecule has 0 unspecified atom stereocenters. The number of carbonyl (C=O) groups is 1. The second kappa shape index (κ2) is 15.3. The Morgan fingerprint density at radius 1 is 1.09 bits per heavy atom. The molecule has 12 nitrogen and oxygen atoms in total. The van der Waals surface area contributed by atoms with Crippen LogP contribution < -0.4 is 21.3 Å². The summed E-state index contributed by atoms with van der Waals surface area (Å²) in [4.78, 5) is 43.8. The van der Waals surface area contributed by atoms with Gasteiger partial charge in [-0.15, -0.1) is 4.80 Å². The zero-order valence-corrected chi connectivity index (χ0v) is 29.1. The lowest BCUT2D eigenvalue weighted by Crippen LogP contribution is -2.56. The van der Waals surface area contributed by atoms with Crippen LogP contribution in [0.15, 0.2) is 40.2 Å². The summed E-state index contributed by atoms with van der Waals surface area (Å²) in [5.41, 5.74) is -1.95. The molecule has 4 rings (SSSR count). The van der Waals surface area contributed by atoms with Crippen molar-refractivity contribution in [2.45, 2.75) is 98.6 Å². The summed E-state index contributed by atoms with van der Waals surface area (Å²) in [6.45, 7) is 15.3. The molecule has 3 aromatic heterocycles. The number of nitrogens with zero attached hydrogens (tertiary/aromatic N) is 5. The third-order valence-electron chi connectivity index (χ3n) is 7.55. The number of ether oxygens (including phenoxy) is 3. The van der Waals surface area contributed by atoms with E-state index in [0.717, 1.165) is 17.4 Å². The fourth-order valence-electron chi connectivity index (χ4n) is 5.21. The minimum Gasteiger partial charge on any atom is -0.491 e. The summed E-state index contributed by atoms with van der Waals surface area (Å²) in [7, 11) is 0. The number of rotatable bonds is 16. The number of unbranched alkanes of at least 4 members (excludes halogenated alkanes) is 1. The topological polar surface area (TPSA) is 132 Å². The molecule has 3 heterocycles. The second-order valence-corrected chi connectivity index (χ2v) is 13.4. The fraction of sp³-hybridized carbons (Fsp3) is 0.545. The molecule has 0 saturated carbocycles. The summed E-state index contributed by atoms with van der Waals surface area (Å²) in [5, 5.41) is 12.1. The van der Waals surface area contributed by atoms with Crippen molar-refractivity contribution in [1.29, 1.82) is 0 Å². The predicted octanol–water partition coefficient (Wildman–Crippen LogP) is 4.87. The monoisotopic (exact) mass is 672 g/mol. The van der Waals surface area contributed by atoms with Crippen molar-refractivity contribution in [3.8, 4) is 10.8 Å². The highest BCUT2D eigenvalue weighted by molar-refractivity contribution is 7.21. The number of aryl methyl sites for hydroxylation is 1. The van der Waals surface area contributed by atoms with Gasteiger partial charge in [-0.2, -0.15) is 10.2 Å². The number of hydrogen-bond donors (Lipinski definition) is 1. The molecule has 0 radical (unpaired) electrons. The molecule has 47 heavy (non-hydrogen) atoms. The maximum absolute atomic E-state index is 14.8. The van der Waals surface area contributed by atoms with Gasteiger partial charge in [0.25, 0.3) is 5.56 Å². The number of thiophene rings is 1. The van der Waals surface area contributed by atoms with E-state index in [1.165, 1.54) is 65.1 Å². The predicted molar refractivity (Wildman–Crippen MR) is 179 cm³/mol. The highest BCUT2D eigenvalue weighted by Gasteiger charge is 2.36. The molecule has 1 N–H and O–H groups in total. The lowest BCUT2D eigenvalue weighted by molar-refractivity contribution is -0.129. The Morgan fingerprint density at radius 2 is 1.79 bits per heavy atom. The number of halogens is 1. The molecule has 14 heteroatoms. The highest BCUT2D eigenvalue weighted by atomic mass is 32.1. The SMILES string of the molecule is CCCCOCCOc1ccc(F)cc1[C@H](Cn1c(=O)n(C(C)(C)C(=O)NC(C)C)c(=O)c2c(C)c(-n3nccn3)sc21)OC(C)C. The van der Waals surface area contributed by atoms with E-state index in [1.54, 1.807) is 20.8 Å². The molecule has 1 atom stereocenters. The van der Waals surface area contributed by atoms with Gasteiger partial charge >= 0.3 is 5.69 Å². The Bertz CT molecular complexity index is 1790. The van der Waals surface area contributed by atoms with Crippen molar-refractivity contribution in [1.82, 2.24) is 29.4 Å². The van der Waals surface area contributed by atoms with Crippen LogP contribution in [0.5, 0.6) is 5.75 Å². The van der Waals surface area contributed by atoms with Crippen LogP contribution in [0.2, 0.25) is 0 Å². The van der Waals surface area contributed by atoms with Gasteiger partial charge in [0, 0.05) is 23.8 Å². The van der Waals surface area contributed by atoms with Crippen LogP contribution in [-0.2, 0) is 26.4 Å². The lowest BCUT2D eigenvalue weighted by Gasteiger charge is -2.29. The zero-order chi connectivity index (χ0) is 34.5. The first-order valence-electron chi connectivity index (χ1n) is 15.9. The number of fused-ring (bicyclic) bond motifs is 1. The van der Waals surface area contributed by atoms with Crippen LogP contribution in [0.4, 0.5) is 4.39 Å². The van der Waals surface area contributed by atoms with E-state index in [0.29, 0.717) is 39.9 Å². The third kappa shape index (κ3) is 7.99. The molecule has 4 aromatic rings. The average Bonchev–Trinajstić information content (AvgIpc) is 3.64. The first-order chi connectivity index (χ1) is 22.3. The average molecular weight is 673 g/mol. The summed E-state index contributed by atoms with van der Waals surface area (Å²) >= 11 is 1.17. The van der Waals surface area contributed by atoms with E-state index in [1.807, 2.05) is 13.8 Å². The Hall–Kier alpha value is -3.88. The minimum atomic E-state index is -1.56. The van der Waals surface area contributed by atoms with Gasteiger partial charge < -0.3 is 19.5 Å². The standard InChI is InChI=1S/C33H45FN6O6S/c1-9-10-15-44-16-17-45-25-12-11-23(34)18-24(25)26(46-21(4)5)19-38-30-27(22(6)29(47-30)40-35-13-14-36-40)28(41)39(32(38)43)33(7,8)31(42)37-20(2)3/h11-14,18,20-21,26H,9-10,15-17,19H2,1-8H3,(H,37,42)/t26-/m0/s1. The van der Waals surface area contributed by atoms with Crippen LogP contribution in [0, 0.1) is 12.7 Å². The number of hydrogen-bond acceptors (Lipinski definition) is 9. The summed E-state index contributed by atoms with van der Waals surface area (Å²) in [6.07, 6.45) is 3.78. The first-order valence-corrected chi connectivity index (χ1v) is 16.7. The normalized spacial score (nSPS) is 12.7. The van der Waals surface area contributed by atoms with E-state index >= 15 is 0 Å². The maximum atomic E-state index is 14.8. The maximum Gasteiger partial charge on any atom is 0.333 e. The molecule has 0 bridgehead atoms. The molecule has 0 aliphatic carbocycles. The Morgan fingerprint density at radius 3 is 2.43 bits per heavy atom. The molecule has 0 aliphatic heterocycles. The van der Waals surface area contributed by atoms with Crippen LogP contribution in [-0.4, -0.2) is 62.0 Å². The van der Waals surface area contributed by atoms with Gasteiger partial charge in [0.2, 0.25) is 5.91 Å². The Kier molecular flexibility index (Phi) is 11.7. The number of amides is 1. The zero-order valence-electron chi connectivity index (χ0n) is 28.3. The van der Waals surface area contributed by atoms with Gasteiger partial charge in [0.05, 0.1) is 37.0 Å². The second-order valence-electron chi connectivity index (χ2n) is 12.4. The summed E-state index contributed by atoms with van der Waals surface area (Å²) in [6, 6.07) is 3.94. The smallest absolute Gasteiger partial charge is 0.333 e. The van der Waals surface area contributed by atoms with E-state index in [9.17, 15) is 18.8 Å². The van der Waals surface area contributed by atoms with Gasteiger partial charge in [-0.05, 0) is 73.1 Å². The van der Waals surface area contributed by atoms with E-state index in [2.05, 4.69) is 22.4 Å². The minimum absolute atomic E-state index is 0.117. The van der Waals surface area contributed by atoms with Gasteiger partial charge in [0.15, 0.2) is 0 Å². The van der Waals surface area contributed by atoms with Crippen LogP contribution in [0.3, 0.4) is 0 Å². The van der Waals surface area contributed by atoms with Crippen LogP contribution in [0.25, 0.3) is 15.2 Å². The number of benzene rings is 1. The van der Waals surface area contributed by atoms with Gasteiger partial charge in [-0.1, -0.05) is 24.7 Å². The third-order valence-corrected chi connectivity index (χ3v) is 8.83. The number of nitrogens with one attached hydrogen (secondary N) is 1. The molecular formula is C33H45FN6O6S. The quantitative estimate of drug-likeness (QED) is 0.167. The molecule has 0 fully saturated rings. The Balaban J connectivity index is 1.91. The highest BCUT2D eigenvalue weighted by Crippen LogP contribution is 2.35. The van der Waals surface area contributed by atoms with Gasteiger partial charge in [0.1, 0.15) is 39.6 Å². The van der Waals surface area contributed by atoms with Crippen molar-refractivity contribution in [3.05, 3.63) is 68.4 Å². The molecule has 256 valence electrons. The van der Waals surface area contributed by atoms with Gasteiger partial charge in [-0.3, -0.25) is 14.2 Å². The first kappa shape index (κ1) is 36.0. The Labute approximate surface area is 277 Å². The fourth-order valence-corrected chi connectivity index (χ4v) is 6.43. The summed E-state index contributed by atoms with van der Waals surface area (Å²) < 4.78 is 35.2. The molecule has 1 amide bonds.